The van der Waals surface area contributed by atoms with Gasteiger partial charge in [0.2, 0.25) is 11.8 Å². The van der Waals surface area contributed by atoms with E-state index in [4.69, 9.17) is 12.2 Å². The van der Waals surface area contributed by atoms with Crippen molar-refractivity contribution in [1.29, 1.82) is 0 Å². The number of carboxylic acid groups (broad SMARTS) is 1. The molecule has 1 aromatic heterocycles. The van der Waals surface area contributed by atoms with E-state index < -0.39 is 23.8 Å². The third-order valence-electron chi connectivity index (χ3n) is 8.44. The van der Waals surface area contributed by atoms with Crippen LogP contribution in [0.15, 0.2) is 29.3 Å². The molecule has 1 saturated heterocycles. The van der Waals surface area contributed by atoms with E-state index in [9.17, 15) is 19.5 Å². The van der Waals surface area contributed by atoms with Crippen LogP contribution < -0.4 is 0 Å². The summed E-state index contributed by atoms with van der Waals surface area (Å²) in [5, 5.41) is 11.1. The Kier molecular flexibility index (Phi) is 5.14. The van der Waals surface area contributed by atoms with E-state index in [0.29, 0.717) is 0 Å². The largest absolute Gasteiger partial charge is 0.480 e. The number of aromatic nitrogens is 1. The number of nitrogens with one attached hydrogen (secondary N) is 1. The van der Waals surface area contributed by atoms with Crippen molar-refractivity contribution in [2.45, 2.75) is 49.4 Å². The molecule has 2 amide bonds. The number of carboxylic acids is 1. The van der Waals surface area contributed by atoms with Crippen LogP contribution >= 0.6 is 35.3 Å². The van der Waals surface area contributed by atoms with Gasteiger partial charge in [0.25, 0.3) is 0 Å². The summed E-state index contributed by atoms with van der Waals surface area (Å²) in [6.45, 7) is 5.64. The average molecular weight is 515 g/mol. The van der Waals surface area contributed by atoms with E-state index in [1.54, 1.807) is 36.9 Å². The number of nitrogens with zero attached hydrogens (tertiary/aromatic N) is 1. The third kappa shape index (κ3) is 2.92. The third-order valence-corrected chi connectivity index (χ3v) is 11.4. The summed E-state index contributed by atoms with van der Waals surface area (Å²) in [5.74, 6) is -2.37. The molecule has 2 aromatic rings. The molecular weight excluding hydrogens is 488 g/mol. The second-order valence-electron chi connectivity index (χ2n) is 10.4. The molecule has 2 bridgehead atoms. The maximum atomic E-state index is 13.7. The first-order valence-electron chi connectivity index (χ1n) is 11.8. The van der Waals surface area contributed by atoms with Crippen molar-refractivity contribution < 1.29 is 19.5 Å². The molecule has 4 aliphatic rings. The van der Waals surface area contributed by atoms with Crippen molar-refractivity contribution >= 4 is 53.1 Å². The van der Waals surface area contributed by atoms with Gasteiger partial charge in [-0.2, -0.15) is 0 Å². The fraction of sp³-hybridized carbons (Fsp3) is 0.520. The first kappa shape index (κ1) is 22.5. The van der Waals surface area contributed by atoms with Gasteiger partial charge in [-0.1, -0.05) is 38.1 Å². The Hall–Kier alpha value is -1.97. The van der Waals surface area contributed by atoms with E-state index >= 15 is 0 Å². The number of carbonyl (C=O) groups is 3. The number of hydrogen-bond acceptors (Lipinski definition) is 6. The number of aliphatic carboxylic acids is 1. The molecule has 2 saturated carbocycles. The standard InChI is InChI=1S/C25H26N2O4S3/c1-9(2)18(24(30)31)27-22(28)16-12-8-13(17(16)23(27)29)19-15(12)14(11-7-5-4-6-10(11)3)20-21(33-19)26-25(32)34-20/h4-7,9,12-19H,8H2,1-3H3,(H,26,32)(H,30,31). The minimum atomic E-state index is -1.11. The summed E-state index contributed by atoms with van der Waals surface area (Å²) >= 11 is 8.91. The highest BCUT2D eigenvalue weighted by molar-refractivity contribution is 8.00. The summed E-state index contributed by atoms with van der Waals surface area (Å²) < 4.78 is 0.753. The Morgan fingerprint density at radius 1 is 1.18 bits per heavy atom. The number of amides is 2. The van der Waals surface area contributed by atoms with Gasteiger partial charge in [-0.3, -0.25) is 14.5 Å². The number of rotatable bonds is 4. The molecule has 6 rings (SSSR count). The number of H-pyrrole nitrogens is 1. The Morgan fingerprint density at radius 2 is 1.85 bits per heavy atom. The maximum absolute atomic E-state index is 13.7. The number of imide groups is 1. The fourth-order valence-corrected chi connectivity index (χ4v) is 10.6. The normalized spacial score (nSPS) is 34.4. The van der Waals surface area contributed by atoms with E-state index in [0.717, 1.165) is 20.3 Å². The van der Waals surface area contributed by atoms with Gasteiger partial charge in [0.1, 0.15) is 6.04 Å². The van der Waals surface area contributed by atoms with Crippen LogP contribution in [0.5, 0.6) is 0 Å². The lowest BCUT2D eigenvalue weighted by atomic mass is 9.67. The Balaban J connectivity index is 1.46. The molecule has 8 unspecified atom stereocenters. The van der Waals surface area contributed by atoms with Gasteiger partial charge in [-0.05, 0) is 60.4 Å². The van der Waals surface area contributed by atoms with E-state index in [1.807, 2.05) is 6.07 Å². The molecule has 1 aromatic carbocycles. The summed E-state index contributed by atoms with van der Waals surface area (Å²) in [4.78, 5) is 45.0. The quantitative estimate of drug-likeness (QED) is 0.454. The number of fused-ring (bicyclic) bond motifs is 9. The molecule has 34 heavy (non-hydrogen) atoms. The van der Waals surface area contributed by atoms with Crippen LogP contribution in [0.1, 0.15) is 42.2 Å². The van der Waals surface area contributed by atoms with Gasteiger partial charge < -0.3 is 10.1 Å². The van der Waals surface area contributed by atoms with Crippen LogP contribution in [0.2, 0.25) is 0 Å². The minimum absolute atomic E-state index is 0.0592. The Morgan fingerprint density at radius 3 is 2.50 bits per heavy atom. The summed E-state index contributed by atoms with van der Waals surface area (Å²) in [6.07, 6.45) is 0.848. The highest BCUT2D eigenvalue weighted by Gasteiger charge is 2.70. The van der Waals surface area contributed by atoms with Gasteiger partial charge in [0.15, 0.2) is 3.95 Å². The topological polar surface area (TPSA) is 90.5 Å². The van der Waals surface area contributed by atoms with E-state index in [-0.39, 0.29) is 46.7 Å². The molecule has 3 heterocycles. The zero-order valence-corrected chi connectivity index (χ0v) is 21.5. The molecule has 9 heteroatoms. The van der Waals surface area contributed by atoms with Gasteiger partial charge >= 0.3 is 5.97 Å². The van der Waals surface area contributed by atoms with Crippen molar-refractivity contribution in [2.24, 2.45) is 35.5 Å². The molecule has 2 N–H and O–H groups in total. The molecule has 0 spiro atoms. The van der Waals surface area contributed by atoms with Crippen LogP contribution in [0, 0.1) is 46.4 Å². The number of thiazole rings is 1. The second kappa shape index (κ2) is 7.77. The second-order valence-corrected chi connectivity index (χ2v) is 13.3. The van der Waals surface area contributed by atoms with Crippen molar-refractivity contribution in [1.82, 2.24) is 9.88 Å². The Labute approximate surface area is 211 Å². The van der Waals surface area contributed by atoms with Gasteiger partial charge in [0.05, 0.1) is 16.9 Å². The zero-order chi connectivity index (χ0) is 24.0. The lowest BCUT2D eigenvalue weighted by Gasteiger charge is -2.43. The van der Waals surface area contributed by atoms with E-state index in [2.05, 4.69) is 30.1 Å². The van der Waals surface area contributed by atoms with Crippen LogP contribution in [0.25, 0.3) is 0 Å². The summed E-state index contributed by atoms with van der Waals surface area (Å²) in [7, 11) is 0. The number of carbonyl (C=O) groups excluding carboxylic acids is 2. The first-order chi connectivity index (χ1) is 16.2. The molecule has 178 valence electrons. The van der Waals surface area contributed by atoms with Crippen molar-refractivity contribution in [3.63, 3.8) is 0 Å². The number of thioether (sulfide) groups is 1. The monoisotopic (exact) mass is 514 g/mol. The summed E-state index contributed by atoms with van der Waals surface area (Å²) in [6, 6.07) is 7.30. The van der Waals surface area contributed by atoms with Gasteiger partial charge in [-0.15, -0.1) is 23.1 Å². The lowest BCUT2D eigenvalue weighted by Crippen LogP contribution is -2.49. The zero-order valence-electron chi connectivity index (χ0n) is 19.1. The smallest absolute Gasteiger partial charge is 0.327 e. The van der Waals surface area contributed by atoms with Crippen LogP contribution in [0.4, 0.5) is 0 Å². The van der Waals surface area contributed by atoms with Crippen molar-refractivity contribution in [3.8, 4) is 0 Å². The SMILES string of the molecule is Cc1ccccc1C1c2sc(=S)[nH]c2SC2C3CC(C4C(=O)N(C(C(=O)O)C(C)C)C(=O)C34)C12. The highest BCUT2D eigenvalue weighted by atomic mass is 32.2. The first-order valence-corrected chi connectivity index (χ1v) is 13.9. The van der Waals surface area contributed by atoms with E-state index in [1.165, 1.54) is 16.0 Å². The number of hydrogen-bond donors (Lipinski definition) is 2. The molecule has 6 nitrogen and oxygen atoms in total. The molecule has 3 fully saturated rings. The maximum Gasteiger partial charge on any atom is 0.327 e. The lowest BCUT2D eigenvalue weighted by molar-refractivity contribution is -0.157. The predicted octanol–water partition coefficient (Wildman–Crippen LogP) is 4.70. The number of benzene rings is 1. The number of likely N-dealkylation sites (tertiary alicyclic amines) is 1. The molecule has 2 aliphatic carbocycles. The minimum Gasteiger partial charge on any atom is -0.480 e. The molecular formula is C25H26N2O4S3. The molecule has 2 aliphatic heterocycles. The van der Waals surface area contributed by atoms with Gasteiger partial charge in [-0.25, -0.2) is 4.79 Å². The van der Waals surface area contributed by atoms with Crippen LogP contribution in [-0.4, -0.2) is 44.1 Å². The number of aryl methyl sites for hydroxylation is 1. The number of aromatic amines is 1. The van der Waals surface area contributed by atoms with Crippen molar-refractivity contribution in [3.05, 3.63) is 44.2 Å². The fourth-order valence-electron chi connectivity index (χ4n) is 7.29. The van der Waals surface area contributed by atoms with Crippen LogP contribution in [-0.2, 0) is 14.4 Å². The van der Waals surface area contributed by atoms with Crippen LogP contribution in [0.3, 0.4) is 0 Å². The average Bonchev–Trinajstić information content (AvgIpc) is 3.49. The molecule has 0 radical (unpaired) electrons. The Bertz CT molecular complexity index is 1280. The predicted molar refractivity (Wildman–Crippen MR) is 132 cm³/mol. The van der Waals surface area contributed by atoms with Gasteiger partial charge in [0, 0.05) is 16.0 Å². The van der Waals surface area contributed by atoms with Crippen molar-refractivity contribution in [2.75, 3.05) is 0 Å². The summed E-state index contributed by atoms with van der Waals surface area (Å²) in [5.41, 5.74) is 2.47. The highest BCUT2D eigenvalue weighted by Crippen LogP contribution is 2.69. The molecule has 8 atom stereocenters.